The molecule has 0 atom stereocenters. The van der Waals surface area contributed by atoms with E-state index >= 15 is 0 Å². The van der Waals surface area contributed by atoms with Crippen LogP contribution in [0, 0.1) is 6.92 Å². The Balaban J connectivity index is 2.29. The lowest BCUT2D eigenvalue weighted by Gasteiger charge is -2.11. The Kier molecular flexibility index (Phi) is 4.18. The fraction of sp³-hybridized carbons (Fsp3) is 0.214. The van der Waals surface area contributed by atoms with E-state index in [1.165, 1.54) is 0 Å². The van der Waals surface area contributed by atoms with Gasteiger partial charge in [-0.25, -0.2) is 0 Å². The van der Waals surface area contributed by atoms with Crippen molar-refractivity contribution in [1.29, 1.82) is 0 Å². The van der Waals surface area contributed by atoms with Gasteiger partial charge in [-0.3, -0.25) is 4.98 Å². The molecule has 2 rings (SSSR count). The molecule has 2 aromatic rings. The lowest BCUT2D eigenvalue weighted by atomic mass is 10.2. The molecule has 18 heavy (non-hydrogen) atoms. The highest BCUT2D eigenvalue weighted by Gasteiger charge is 2.06. The molecule has 0 saturated carbocycles. The smallest absolute Gasteiger partial charge is 0.135 e. The van der Waals surface area contributed by atoms with E-state index < -0.39 is 0 Å². The Morgan fingerprint density at radius 3 is 2.89 bits per heavy atom. The van der Waals surface area contributed by atoms with Crippen LogP contribution in [0.4, 0.5) is 0 Å². The molecule has 0 aliphatic carbocycles. The molecule has 1 aromatic carbocycles. The van der Waals surface area contributed by atoms with Gasteiger partial charge in [0.05, 0.1) is 0 Å². The van der Waals surface area contributed by atoms with E-state index in [-0.39, 0.29) is 0 Å². The number of rotatable bonds is 4. The lowest BCUT2D eigenvalue weighted by Crippen LogP contribution is -2.07. The molecule has 1 N–H and O–H groups in total. The van der Waals surface area contributed by atoms with Crippen molar-refractivity contribution in [1.82, 2.24) is 10.3 Å². The molecule has 0 bridgehead atoms. The largest absolute Gasteiger partial charge is 0.457 e. The molecule has 3 nitrogen and oxygen atoms in total. The molecule has 0 amide bonds. The highest BCUT2D eigenvalue weighted by molar-refractivity contribution is 6.30. The summed E-state index contributed by atoms with van der Waals surface area (Å²) in [4.78, 5) is 4.27. The highest BCUT2D eigenvalue weighted by Crippen LogP contribution is 2.27. The number of aryl methyl sites for hydroxylation is 1. The van der Waals surface area contributed by atoms with Crippen LogP contribution >= 0.6 is 11.6 Å². The average Bonchev–Trinajstić information content (AvgIpc) is 2.33. The number of ether oxygens (including phenoxy) is 1. The van der Waals surface area contributed by atoms with Crippen molar-refractivity contribution < 1.29 is 4.74 Å². The van der Waals surface area contributed by atoms with E-state index in [4.69, 9.17) is 16.3 Å². The molecule has 1 aromatic heterocycles. The zero-order chi connectivity index (χ0) is 13.0. The fourth-order valence-electron chi connectivity index (χ4n) is 1.64. The first kappa shape index (κ1) is 12.9. The summed E-state index contributed by atoms with van der Waals surface area (Å²) < 4.78 is 5.86. The van der Waals surface area contributed by atoms with Gasteiger partial charge in [-0.1, -0.05) is 17.7 Å². The maximum atomic E-state index is 5.94. The molecule has 0 saturated heterocycles. The zero-order valence-corrected chi connectivity index (χ0v) is 11.2. The van der Waals surface area contributed by atoms with Gasteiger partial charge in [0, 0.05) is 35.1 Å². The molecular weight excluding hydrogens is 248 g/mol. The number of benzene rings is 1. The van der Waals surface area contributed by atoms with E-state index in [2.05, 4.69) is 10.3 Å². The number of halogens is 1. The number of hydrogen-bond acceptors (Lipinski definition) is 3. The van der Waals surface area contributed by atoms with Gasteiger partial charge >= 0.3 is 0 Å². The summed E-state index contributed by atoms with van der Waals surface area (Å²) in [7, 11) is 1.89. The molecule has 4 heteroatoms. The minimum Gasteiger partial charge on any atom is -0.457 e. The highest BCUT2D eigenvalue weighted by atomic mass is 35.5. The summed E-state index contributed by atoms with van der Waals surface area (Å²) in [6, 6.07) is 9.28. The summed E-state index contributed by atoms with van der Waals surface area (Å²) in [5.74, 6) is 1.53. The monoisotopic (exact) mass is 262 g/mol. The minimum absolute atomic E-state index is 0.661. The summed E-state index contributed by atoms with van der Waals surface area (Å²) in [6.07, 6.45) is 1.83. The molecule has 0 spiro atoms. The van der Waals surface area contributed by atoms with E-state index in [1.807, 2.05) is 44.4 Å². The van der Waals surface area contributed by atoms with Gasteiger partial charge in [-0.05, 0) is 32.2 Å². The maximum Gasteiger partial charge on any atom is 0.135 e. The lowest BCUT2D eigenvalue weighted by molar-refractivity contribution is 0.472. The third-order valence-electron chi connectivity index (χ3n) is 2.47. The van der Waals surface area contributed by atoms with E-state index in [9.17, 15) is 0 Å². The van der Waals surface area contributed by atoms with Crippen molar-refractivity contribution in [3.05, 3.63) is 52.8 Å². The first-order valence-electron chi connectivity index (χ1n) is 5.72. The molecule has 0 aliphatic heterocycles. The molecule has 94 valence electrons. The van der Waals surface area contributed by atoms with Crippen LogP contribution in [0.1, 0.15) is 11.3 Å². The SMILES string of the molecule is CNCc1cnc(C)cc1Oc1cccc(Cl)c1. The van der Waals surface area contributed by atoms with Crippen LogP contribution in [0.3, 0.4) is 0 Å². The quantitative estimate of drug-likeness (QED) is 0.915. The predicted molar refractivity (Wildman–Crippen MR) is 73.3 cm³/mol. The maximum absolute atomic E-state index is 5.94. The number of nitrogens with one attached hydrogen (secondary N) is 1. The van der Waals surface area contributed by atoms with Gasteiger partial charge in [0.15, 0.2) is 0 Å². The van der Waals surface area contributed by atoms with Crippen LogP contribution in [0.15, 0.2) is 36.5 Å². The van der Waals surface area contributed by atoms with Crippen molar-refractivity contribution in [2.75, 3.05) is 7.05 Å². The summed E-state index contributed by atoms with van der Waals surface area (Å²) in [5.41, 5.74) is 1.94. The summed E-state index contributed by atoms with van der Waals surface area (Å²) in [6.45, 7) is 2.65. The van der Waals surface area contributed by atoms with Crippen LogP contribution in [0.2, 0.25) is 5.02 Å². The normalized spacial score (nSPS) is 10.4. The van der Waals surface area contributed by atoms with Gasteiger partial charge in [0.25, 0.3) is 0 Å². The Morgan fingerprint density at radius 1 is 1.33 bits per heavy atom. The number of hydrogen-bond donors (Lipinski definition) is 1. The first-order valence-corrected chi connectivity index (χ1v) is 6.10. The van der Waals surface area contributed by atoms with E-state index in [0.29, 0.717) is 11.6 Å². The van der Waals surface area contributed by atoms with Crippen molar-refractivity contribution in [3.8, 4) is 11.5 Å². The van der Waals surface area contributed by atoms with Gasteiger partial charge in [-0.15, -0.1) is 0 Å². The number of aromatic nitrogens is 1. The van der Waals surface area contributed by atoms with Crippen LogP contribution < -0.4 is 10.1 Å². The molecular formula is C14H15ClN2O. The summed E-state index contributed by atoms with van der Waals surface area (Å²) >= 11 is 5.94. The average molecular weight is 263 g/mol. The van der Waals surface area contributed by atoms with Crippen LogP contribution in [-0.2, 0) is 6.54 Å². The third-order valence-corrected chi connectivity index (χ3v) is 2.71. The van der Waals surface area contributed by atoms with Gasteiger partial charge in [-0.2, -0.15) is 0 Å². The Morgan fingerprint density at radius 2 is 2.17 bits per heavy atom. The minimum atomic E-state index is 0.661. The third kappa shape index (κ3) is 3.22. The van der Waals surface area contributed by atoms with Crippen molar-refractivity contribution in [3.63, 3.8) is 0 Å². The second-order valence-electron chi connectivity index (χ2n) is 4.02. The van der Waals surface area contributed by atoms with Gasteiger partial charge in [0.2, 0.25) is 0 Å². The van der Waals surface area contributed by atoms with Crippen LogP contribution in [0.25, 0.3) is 0 Å². The van der Waals surface area contributed by atoms with Crippen molar-refractivity contribution in [2.24, 2.45) is 0 Å². The Labute approximate surface area is 112 Å². The van der Waals surface area contributed by atoms with E-state index in [1.54, 1.807) is 6.07 Å². The molecule has 0 unspecified atom stereocenters. The van der Waals surface area contributed by atoms with Crippen molar-refractivity contribution in [2.45, 2.75) is 13.5 Å². The van der Waals surface area contributed by atoms with Crippen molar-refractivity contribution >= 4 is 11.6 Å². The Bertz CT molecular complexity index is 543. The molecule has 1 heterocycles. The first-order chi connectivity index (χ1) is 8.69. The molecule has 0 fully saturated rings. The molecule has 0 aliphatic rings. The standard InChI is InChI=1S/C14H15ClN2O/c1-10-6-14(11(8-16-2)9-17-10)18-13-5-3-4-12(15)7-13/h3-7,9,16H,8H2,1-2H3. The Hall–Kier alpha value is -1.58. The second kappa shape index (κ2) is 5.85. The predicted octanol–water partition coefficient (Wildman–Crippen LogP) is 3.56. The fourth-order valence-corrected chi connectivity index (χ4v) is 1.82. The second-order valence-corrected chi connectivity index (χ2v) is 4.46. The summed E-state index contributed by atoms with van der Waals surface area (Å²) in [5, 5.41) is 3.76. The topological polar surface area (TPSA) is 34.2 Å². The van der Waals surface area contributed by atoms with Crippen LogP contribution in [-0.4, -0.2) is 12.0 Å². The number of nitrogens with zero attached hydrogens (tertiary/aromatic N) is 1. The number of pyridine rings is 1. The van der Waals surface area contributed by atoms with Gasteiger partial charge < -0.3 is 10.1 Å². The van der Waals surface area contributed by atoms with Crippen LogP contribution in [0.5, 0.6) is 11.5 Å². The van der Waals surface area contributed by atoms with Gasteiger partial charge in [0.1, 0.15) is 11.5 Å². The van der Waals surface area contributed by atoms with E-state index in [0.717, 1.165) is 22.8 Å². The zero-order valence-electron chi connectivity index (χ0n) is 10.4. The molecule has 0 radical (unpaired) electrons.